The van der Waals surface area contributed by atoms with Crippen LogP contribution in [0.1, 0.15) is 22.1 Å². The Labute approximate surface area is 181 Å². The maximum Gasteiger partial charge on any atom is 0.262 e. The number of fused-ring (bicyclic) bond motifs is 1. The zero-order chi connectivity index (χ0) is 21.8. The van der Waals surface area contributed by atoms with Crippen molar-refractivity contribution in [2.45, 2.75) is 6.17 Å². The first kappa shape index (κ1) is 20.2. The molecule has 0 saturated carbocycles. The van der Waals surface area contributed by atoms with Gasteiger partial charge in [-0.1, -0.05) is 24.1 Å². The van der Waals surface area contributed by atoms with E-state index < -0.39 is 6.17 Å². The molecule has 0 saturated heterocycles. The zero-order valence-electron chi connectivity index (χ0n) is 17.3. The molecule has 1 heterocycles. The molecule has 1 aliphatic rings. The van der Waals surface area contributed by atoms with Crippen molar-refractivity contribution < 1.29 is 19.0 Å². The number of hydrogen-bond acceptors (Lipinski definition) is 5. The van der Waals surface area contributed by atoms with Gasteiger partial charge in [0.05, 0.1) is 19.8 Å². The van der Waals surface area contributed by atoms with Crippen molar-refractivity contribution in [3.8, 4) is 29.6 Å². The second-order valence-corrected chi connectivity index (χ2v) is 6.87. The minimum Gasteiger partial charge on any atom is -0.497 e. The van der Waals surface area contributed by atoms with Crippen molar-refractivity contribution in [1.29, 1.82) is 0 Å². The van der Waals surface area contributed by atoms with Crippen LogP contribution in [0.4, 0.5) is 11.4 Å². The van der Waals surface area contributed by atoms with Crippen LogP contribution in [0.25, 0.3) is 0 Å². The molecule has 0 unspecified atom stereocenters. The van der Waals surface area contributed by atoms with Gasteiger partial charge < -0.3 is 19.5 Å². The fourth-order valence-corrected chi connectivity index (χ4v) is 3.59. The van der Waals surface area contributed by atoms with Gasteiger partial charge in [0, 0.05) is 11.4 Å². The van der Waals surface area contributed by atoms with Crippen LogP contribution in [0.2, 0.25) is 0 Å². The van der Waals surface area contributed by atoms with Crippen molar-refractivity contribution in [2.24, 2.45) is 0 Å². The largest absolute Gasteiger partial charge is 0.497 e. The maximum absolute atomic E-state index is 13.5. The summed E-state index contributed by atoms with van der Waals surface area (Å²) >= 11 is 0. The highest BCUT2D eigenvalue weighted by molar-refractivity contribution is 6.12. The summed E-state index contributed by atoms with van der Waals surface area (Å²) in [5.74, 6) is 4.15. The molecular weight excluding hydrogens is 392 g/mol. The molecule has 1 amide bonds. The molecule has 1 atom stereocenters. The molecule has 156 valence electrons. The van der Waals surface area contributed by atoms with Crippen LogP contribution in [-0.4, -0.2) is 26.7 Å². The average molecular weight is 414 g/mol. The smallest absolute Gasteiger partial charge is 0.262 e. The molecule has 0 spiro atoms. The standard InChI is InChI=1S/C25H22N2O4/c1-4-15-31-22-14-9-17(16-23(22)30-3)24-26-21-8-6-5-7-20(21)25(28)27(24)18-10-12-19(29-2)13-11-18/h1,5-14,16,24,26H,15H2,2-3H3/t24-/m0/s1. The number of anilines is 2. The first-order chi connectivity index (χ1) is 15.2. The predicted octanol–water partition coefficient (Wildman–Crippen LogP) is 4.49. The molecule has 31 heavy (non-hydrogen) atoms. The van der Waals surface area contributed by atoms with Gasteiger partial charge in [-0.3, -0.25) is 9.69 Å². The van der Waals surface area contributed by atoms with Gasteiger partial charge in [0.25, 0.3) is 5.91 Å². The molecule has 1 N–H and O–H groups in total. The van der Waals surface area contributed by atoms with E-state index in [1.807, 2.05) is 60.7 Å². The predicted molar refractivity (Wildman–Crippen MR) is 120 cm³/mol. The fourth-order valence-electron chi connectivity index (χ4n) is 3.59. The molecule has 0 aliphatic carbocycles. The lowest BCUT2D eigenvalue weighted by Gasteiger charge is -2.38. The van der Waals surface area contributed by atoms with Crippen molar-refractivity contribution in [2.75, 3.05) is 31.0 Å². The van der Waals surface area contributed by atoms with E-state index in [1.165, 1.54) is 0 Å². The Morgan fingerprint density at radius 2 is 1.77 bits per heavy atom. The molecule has 6 heteroatoms. The molecule has 6 nitrogen and oxygen atoms in total. The number of amides is 1. The summed E-state index contributed by atoms with van der Waals surface area (Å²) in [4.78, 5) is 15.2. The Morgan fingerprint density at radius 3 is 2.48 bits per heavy atom. The third-order valence-corrected chi connectivity index (χ3v) is 5.09. The highest BCUT2D eigenvalue weighted by Gasteiger charge is 2.34. The Kier molecular flexibility index (Phi) is 5.67. The van der Waals surface area contributed by atoms with Crippen LogP contribution >= 0.6 is 0 Å². The van der Waals surface area contributed by atoms with Crippen LogP contribution in [-0.2, 0) is 0 Å². The highest BCUT2D eigenvalue weighted by Crippen LogP contribution is 2.39. The topological polar surface area (TPSA) is 60.0 Å². The van der Waals surface area contributed by atoms with E-state index >= 15 is 0 Å². The minimum atomic E-state index is -0.452. The Bertz CT molecular complexity index is 1140. The van der Waals surface area contributed by atoms with E-state index in [4.69, 9.17) is 20.6 Å². The lowest BCUT2D eigenvalue weighted by atomic mass is 10.0. The van der Waals surface area contributed by atoms with Gasteiger partial charge in [-0.25, -0.2) is 0 Å². The number of nitrogens with zero attached hydrogens (tertiary/aromatic N) is 1. The van der Waals surface area contributed by atoms with Crippen LogP contribution in [0.5, 0.6) is 17.2 Å². The fraction of sp³-hybridized carbons (Fsp3) is 0.160. The number of carbonyl (C=O) groups excluding carboxylic acids is 1. The summed E-state index contributed by atoms with van der Waals surface area (Å²) in [6.45, 7) is 0.140. The summed E-state index contributed by atoms with van der Waals surface area (Å²) < 4.78 is 16.3. The number of benzene rings is 3. The van der Waals surface area contributed by atoms with Crippen molar-refractivity contribution in [1.82, 2.24) is 0 Å². The second-order valence-electron chi connectivity index (χ2n) is 6.87. The molecule has 3 aromatic carbocycles. The zero-order valence-corrected chi connectivity index (χ0v) is 17.3. The van der Waals surface area contributed by atoms with Gasteiger partial charge in [-0.2, -0.15) is 0 Å². The summed E-state index contributed by atoms with van der Waals surface area (Å²) in [6, 6.07) is 20.4. The van der Waals surface area contributed by atoms with Crippen LogP contribution in [0.3, 0.4) is 0 Å². The van der Waals surface area contributed by atoms with Crippen molar-refractivity contribution in [3.05, 3.63) is 77.9 Å². The number of methoxy groups -OCH3 is 2. The van der Waals surface area contributed by atoms with E-state index in [2.05, 4.69) is 11.2 Å². The van der Waals surface area contributed by atoms with Crippen LogP contribution < -0.4 is 24.4 Å². The molecule has 0 fully saturated rings. The third kappa shape index (κ3) is 3.86. The molecule has 0 radical (unpaired) electrons. The lowest BCUT2D eigenvalue weighted by Crippen LogP contribution is -2.43. The summed E-state index contributed by atoms with van der Waals surface area (Å²) in [7, 11) is 3.18. The summed E-state index contributed by atoms with van der Waals surface area (Å²) in [5.41, 5.74) is 2.96. The normalized spacial score (nSPS) is 14.8. The number of carbonyl (C=O) groups is 1. The Balaban J connectivity index is 1.79. The first-order valence-corrected chi connectivity index (χ1v) is 9.73. The third-order valence-electron chi connectivity index (χ3n) is 5.09. The molecule has 0 bridgehead atoms. The number of ether oxygens (including phenoxy) is 3. The number of rotatable bonds is 6. The van der Waals surface area contributed by atoms with Gasteiger partial charge >= 0.3 is 0 Å². The number of hydrogen-bond donors (Lipinski definition) is 1. The van der Waals surface area contributed by atoms with Crippen LogP contribution in [0.15, 0.2) is 66.7 Å². The van der Waals surface area contributed by atoms with Gasteiger partial charge in [-0.15, -0.1) is 6.42 Å². The Hall–Kier alpha value is -4.11. The molecule has 3 aromatic rings. The number of para-hydroxylation sites is 1. The second kappa shape index (κ2) is 8.72. The first-order valence-electron chi connectivity index (χ1n) is 9.73. The maximum atomic E-state index is 13.5. The SMILES string of the molecule is C#CCOc1ccc([C@H]2Nc3ccccc3C(=O)N2c2ccc(OC)cc2)cc1OC. The van der Waals surface area contributed by atoms with Gasteiger partial charge in [0.1, 0.15) is 18.5 Å². The van der Waals surface area contributed by atoms with E-state index in [0.29, 0.717) is 17.1 Å². The van der Waals surface area contributed by atoms with E-state index in [1.54, 1.807) is 25.2 Å². The van der Waals surface area contributed by atoms with E-state index in [9.17, 15) is 4.79 Å². The molecule has 1 aliphatic heterocycles. The minimum absolute atomic E-state index is 0.101. The average Bonchev–Trinajstić information content (AvgIpc) is 2.82. The van der Waals surface area contributed by atoms with E-state index in [-0.39, 0.29) is 12.5 Å². The quantitative estimate of drug-likeness (QED) is 0.603. The number of terminal acetylenes is 1. The van der Waals surface area contributed by atoms with Crippen molar-refractivity contribution >= 4 is 17.3 Å². The Morgan fingerprint density at radius 1 is 1.00 bits per heavy atom. The molecule has 0 aromatic heterocycles. The highest BCUT2D eigenvalue weighted by atomic mass is 16.5. The van der Waals surface area contributed by atoms with E-state index in [0.717, 1.165) is 22.7 Å². The lowest BCUT2D eigenvalue weighted by molar-refractivity contribution is 0.0975. The van der Waals surface area contributed by atoms with Crippen molar-refractivity contribution in [3.63, 3.8) is 0 Å². The summed E-state index contributed by atoms with van der Waals surface area (Å²) in [5, 5.41) is 3.48. The van der Waals surface area contributed by atoms with Gasteiger partial charge in [-0.05, 0) is 54.1 Å². The number of nitrogens with one attached hydrogen (secondary N) is 1. The van der Waals surface area contributed by atoms with Gasteiger partial charge in [0.2, 0.25) is 0 Å². The van der Waals surface area contributed by atoms with Crippen LogP contribution in [0, 0.1) is 12.3 Å². The summed E-state index contributed by atoms with van der Waals surface area (Å²) in [6.07, 6.45) is 4.85. The monoisotopic (exact) mass is 414 g/mol. The van der Waals surface area contributed by atoms with Gasteiger partial charge in [0.15, 0.2) is 11.5 Å². The molecule has 4 rings (SSSR count). The molecular formula is C25H22N2O4.